The standard InChI is InChI=1S/C22H21N3O2S/c1-2-13-28-22(23-14-17-8-4-6-10-20(17)26)25-24-15-19-18-9-5-3-7-16(18)11-12-21(19)27/h3-12,14-15,26-27H,2,13H2,1H3/b23-14+,24-15+,25-22-. The molecule has 0 aliphatic carbocycles. The van der Waals surface area contributed by atoms with Crippen molar-refractivity contribution in [1.29, 1.82) is 0 Å². The highest BCUT2D eigenvalue weighted by Crippen LogP contribution is 2.25. The molecule has 142 valence electrons. The summed E-state index contributed by atoms with van der Waals surface area (Å²) in [6, 6.07) is 18.3. The molecule has 0 aliphatic rings. The van der Waals surface area contributed by atoms with Crippen LogP contribution in [0.5, 0.6) is 11.5 Å². The molecule has 0 fully saturated rings. The van der Waals surface area contributed by atoms with Crippen molar-refractivity contribution in [3.8, 4) is 11.5 Å². The van der Waals surface area contributed by atoms with Crippen LogP contribution >= 0.6 is 11.8 Å². The van der Waals surface area contributed by atoms with Gasteiger partial charge in [-0.1, -0.05) is 61.2 Å². The summed E-state index contributed by atoms with van der Waals surface area (Å²) in [5.41, 5.74) is 1.23. The van der Waals surface area contributed by atoms with Crippen LogP contribution in [0.15, 0.2) is 75.9 Å². The first kappa shape index (κ1) is 19.6. The molecule has 3 aromatic rings. The Labute approximate surface area is 168 Å². The molecule has 28 heavy (non-hydrogen) atoms. The van der Waals surface area contributed by atoms with Gasteiger partial charge in [-0.25, -0.2) is 4.99 Å². The van der Waals surface area contributed by atoms with E-state index in [0.29, 0.717) is 16.3 Å². The predicted octanol–water partition coefficient (Wildman–Crippen LogP) is 5.20. The van der Waals surface area contributed by atoms with Gasteiger partial charge in [-0.05, 0) is 35.4 Å². The van der Waals surface area contributed by atoms with Crippen molar-refractivity contribution < 1.29 is 10.2 Å². The number of nitrogens with zero attached hydrogens (tertiary/aromatic N) is 3. The maximum atomic E-state index is 10.2. The van der Waals surface area contributed by atoms with Crippen LogP contribution in [0.2, 0.25) is 0 Å². The predicted molar refractivity (Wildman–Crippen MR) is 119 cm³/mol. The third-order valence-corrected chi connectivity index (χ3v) is 5.02. The SMILES string of the molecule is CCCSC(=N\N=C\c1c(O)ccc2ccccc12)/N=C/c1ccccc1O. The number of aromatic hydroxyl groups is 2. The number of fused-ring (bicyclic) bond motifs is 1. The Morgan fingerprint density at radius 2 is 1.71 bits per heavy atom. The number of hydrogen-bond acceptors (Lipinski definition) is 5. The molecule has 3 rings (SSSR count). The molecule has 0 saturated heterocycles. The Bertz CT molecular complexity index is 1040. The lowest BCUT2D eigenvalue weighted by atomic mass is 10.0. The first-order chi connectivity index (χ1) is 13.7. The van der Waals surface area contributed by atoms with Crippen LogP contribution in [0.3, 0.4) is 0 Å². The molecule has 0 bridgehead atoms. The lowest BCUT2D eigenvalue weighted by Crippen LogP contribution is -1.92. The molecule has 0 aliphatic heterocycles. The molecule has 6 heteroatoms. The number of aliphatic imine (C=N–C) groups is 1. The zero-order valence-electron chi connectivity index (χ0n) is 15.5. The normalized spacial score (nSPS) is 12.4. The minimum Gasteiger partial charge on any atom is -0.507 e. The lowest BCUT2D eigenvalue weighted by Gasteiger charge is -2.04. The summed E-state index contributed by atoms with van der Waals surface area (Å²) in [6.07, 6.45) is 4.09. The van der Waals surface area contributed by atoms with Gasteiger partial charge >= 0.3 is 0 Å². The van der Waals surface area contributed by atoms with Gasteiger partial charge in [0.05, 0.1) is 6.21 Å². The van der Waals surface area contributed by atoms with Gasteiger partial charge in [0, 0.05) is 23.1 Å². The Balaban J connectivity index is 1.87. The van der Waals surface area contributed by atoms with Gasteiger partial charge in [-0.3, -0.25) is 0 Å². The number of hydrogen-bond donors (Lipinski definition) is 2. The number of benzene rings is 3. The number of thioether (sulfide) groups is 1. The number of phenolic OH excluding ortho intramolecular Hbond substituents is 2. The van der Waals surface area contributed by atoms with E-state index >= 15 is 0 Å². The summed E-state index contributed by atoms with van der Waals surface area (Å²) in [7, 11) is 0. The second kappa shape index (κ2) is 9.71. The molecule has 0 spiro atoms. The van der Waals surface area contributed by atoms with Gasteiger partial charge in [0.1, 0.15) is 11.5 Å². The average Bonchev–Trinajstić information content (AvgIpc) is 2.72. The highest BCUT2D eigenvalue weighted by atomic mass is 32.2. The fourth-order valence-electron chi connectivity index (χ4n) is 2.56. The first-order valence-electron chi connectivity index (χ1n) is 8.95. The van der Waals surface area contributed by atoms with Crippen LogP contribution in [0.25, 0.3) is 10.8 Å². The van der Waals surface area contributed by atoms with Crippen molar-refractivity contribution in [1.82, 2.24) is 0 Å². The van der Waals surface area contributed by atoms with Crippen molar-refractivity contribution in [3.05, 3.63) is 71.8 Å². The fourth-order valence-corrected chi connectivity index (χ4v) is 3.18. The molecule has 0 aromatic heterocycles. The van der Waals surface area contributed by atoms with E-state index in [9.17, 15) is 10.2 Å². The highest BCUT2D eigenvalue weighted by molar-refractivity contribution is 8.13. The molecule has 3 aromatic carbocycles. The smallest absolute Gasteiger partial charge is 0.208 e. The second-order valence-corrected chi connectivity index (χ2v) is 7.07. The fraction of sp³-hybridized carbons (Fsp3) is 0.136. The third kappa shape index (κ3) is 4.98. The summed E-state index contributed by atoms with van der Waals surface area (Å²) >= 11 is 1.48. The van der Waals surface area contributed by atoms with Gasteiger partial charge in [0.15, 0.2) is 0 Å². The summed E-state index contributed by atoms with van der Waals surface area (Å²) in [4.78, 5) is 4.36. The van der Waals surface area contributed by atoms with E-state index in [4.69, 9.17) is 0 Å². The van der Waals surface area contributed by atoms with Gasteiger partial charge in [0.25, 0.3) is 0 Å². The van der Waals surface area contributed by atoms with Gasteiger partial charge in [-0.2, -0.15) is 5.10 Å². The highest BCUT2D eigenvalue weighted by Gasteiger charge is 2.04. The summed E-state index contributed by atoms with van der Waals surface area (Å²) in [5, 5.41) is 30.8. The molecule has 2 N–H and O–H groups in total. The Hall–Kier alpha value is -3.12. The van der Waals surface area contributed by atoms with E-state index in [1.807, 2.05) is 36.4 Å². The van der Waals surface area contributed by atoms with Gasteiger partial charge < -0.3 is 10.2 Å². The minimum absolute atomic E-state index is 0.151. The number of para-hydroxylation sites is 1. The monoisotopic (exact) mass is 391 g/mol. The molecule has 0 heterocycles. The maximum absolute atomic E-state index is 10.2. The largest absolute Gasteiger partial charge is 0.507 e. The first-order valence-corrected chi connectivity index (χ1v) is 9.94. The van der Waals surface area contributed by atoms with E-state index in [1.54, 1.807) is 36.7 Å². The van der Waals surface area contributed by atoms with Crippen LogP contribution in [0, 0.1) is 0 Å². The maximum Gasteiger partial charge on any atom is 0.208 e. The van der Waals surface area contributed by atoms with Crippen LogP contribution in [0.1, 0.15) is 24.5 Å². The Morgan fingerprint density at radius 3 is 2.54 bits per heavy atom. The van der Waals surface area contributed by atoms with Crippen molar-refractivity contribution in [2.75, 3.05) is 5.75 Å². The topological polar surface area (TPSA) is 77.5 Å². The molecule has 0 atom stereocenters. The summed E-state index contributed by atoms with van der Waals surface area (Å²) in [6.45, 7) is 2.08. The molecule has 0 radical (unpaired) electrons. The van der Waals surface area contributed by atoms with Crippen LogP contribution in [-0.2, 0) is 0 Å². The van der Waals surface area contributed by atoms with Crippen LogP contribution in [0.4, 0.5) is 0 Å². The lowest BCUT2D eigenvalue weighted by molar-refractivity contribution is 0.474. The van der Waals surface area contributed by atoms with Gasteiger partial charge in [-0.15, -0.1) is 5.10 Å². The van der Waals surface area contributed by atoms with Crippen LogP contribution < -0.4 is 0 Å². The molecule has 5 nitrogen and oxygen atoms in total. The number of amidine groups is 1. The summed E-state index contributed by atoms with van der Waals surface area (Å²) < 4.78 is 0. The van der Waals surface area contributed by atoms with E-state index < -0.39 is 0 Å². The van der Waals surface area contributed by atoms with Crippen molar-refractivity contribution in [2.45, 2.75) is 13.3 Å². The second-order valence-electron chi connectivity index (χ2n) is 6.01. The minimum atomic E-state index is 0.151. The van der Waals surface area contributed by atoms with Crippen molar-refractivity contribution in [2.24, 2.45) is 15.2 Å². The van der Waals surface area contributed by atoms with E-state index in [-0.39, 0.29) is 11.5 Å². The molecular formula is C22H21N3O2S. The molecule has 0 unspecified atom stereocenters. The van der Waals surface area contributed by atoms with Crippen molar-refractivity contribution >= 4 is 40.1 Å². The Kier molecular flexibility index (Phi) is 6.81. The zero-order valence-corrected chi connectivity index (χ0v) is 16.3. The summed E-state index contributed by atoms with van der Waals surface area (Å²) in [5.74, 6) is 1.17. The van der Waals surface area contributed by atoms with Crippen molar-refractivity contribution in [3.63, 3.8) is 0 Å². The number of rotatable bonds is 5. The van der Waals surface area contributed by atoms with E-state index in [0.717, 1.165) is 22.9 Å². The average molecular weight is 391 g/mol. The molecular weight excluding hydrogens is 370 g/mol. The van der Waals surface area contributed by atoms with Crippen LogP contribution in [-0.4, -0.2) is 33.6 Å². The number of phenols is 2. The van der Waals surface area contributed by atoms with E-state index in [1.165, 1.54) is 11.8 Å². The quantitative estimate of drug-likeness (QED) is 0.356. The third-order valence-electron chi connectivity index (χ3n) is 3.96. The Morgan fingerprint density at radius 1 is 0.929 bits per heavy atom. The molecule has 0 saturated carbocycles. The molecule has 0 amide bonds. The van der Waals surface area contributed by atoms with E-state index in [2.05, 4.69) is 22.1 Å². The van der Waals surface area contributed by atoms with Gasteiger partial charge in [0.2, 0.25) is 5.17 Å². The zero-order chi connectivity index (χ0) is 19.8.